The molecular formula is C20H21F3N2O4S. The minimum atomic E-state index is -3.69. The van der Waals surface area contributed by atoms with Gasteiger partial charge in [-0.15, -0.1) is 0 Å². The molecule has 6 nitrogen and oxygen atoms in total. The number of carbonyl (C=O) groups excluding carboxylic acids is 2. The minimum absolute atomic E-state index is 0.0837. The molecule has 0 saturated carbocycles. The Labute approximate surface area is 172 Å². The lowest BCUT2D eigenvalue weighted by Gasteiger charge is -2.23. The van der Waals surface area contributed by atoms with Crippen LogP contribution < -0.4 is 5.32 Å². The third kappa shape index (κ3) is 5.18. The molecule has 0 heterocycles. The first-order valence-electron chi connectivity index (χ1n) is 9.16. The van der Waals surface area contributed by atoms with Crippen molar-refractivity contribution in [3.05, 3.63) is 59.4 Å². The summed E-state index contributed by atoms with van der Waals surface area (Å²) < 4.78 is 64.8. The smallest absolute Gasteiger partial charge is 0.255 e. The van der Waals surface area contributed by atoms with E-state index in [-0.39, 0.29) is 22.8 Å². The van der Waals surface area contributed by atoms with Gasteiger partial charge in [0, 0.05) is 6.54 Å². The van der Waals surface area contributed by atoms with E-state index in [0.717, 1.165) is 11.0 Å². The second kappa shape index (κ2) is 9.75. The van der Waals surface area contributed by atoms with E-state index in [1.54, 1.807) is 6.92 Å². The predicted molar refractivity (Wildman–Crippen MR) is 105 cm³/mol. The van der Waals surface area contributed by atoms with Crippen molar-refractivity contribution in [2.45, 2.75) is 25.2 Å². The van der Waals surface area contributed by atoms with Gasteiger partial charge in [0.25, 0.3) is 5.91 Å². The second-order valence-corrected chi connectivity index (χ2v) is 8.64. The lowest BCUT2D eigenvalue weighted by Crippen LogP contribution is -2.39. The van der Waals surface area contributed by atoms with Gasteiger partial charge >= 0.3 is 0 Å². The molecule has 0 spiro atoms. The van der Waals surface area contributed by atoms with E-state index in [2.05, 4.69) is 5.32 Å². The maximum atomic E-state index is 13.8. The number of amides is 2. The van der Waals surface area contributed by atoms with Gasteiger partial charge in [0.1, 0.15) is 6.54 Å². The zero-order valence-electron chi connectivity index (χ0n) is 16.4. The van der Waals surface area contributed by atoms with E-state index in [4.69, 9.17) is 0 Å². The molecule has 0 saturated heterocycles. The van der Waals surface area contributed by atoms with Crippen LogP contribution >= 0.6 is 0 Å². The molecule has 162 valence electrons. The lowest BCUT2D eigenvalue weighted by molar-refractivity contribution is -0.116. The van der Waals surface area contributed by atoms with E-state index < -0.39 is 51.3 Å². The van der Waals surface area contributed by atoms with E-state index in [1.165, 1.54) is 31.2 Å². The zero-order valence-corrected chi connectivity index (χ0v) is 17.2. The molecule has 2 aromatic rings. The first-order valence-corrected chi connectivity index (χ1v) is 10.8. The molecule has 1 N–H and O–H groups in total. The second-order valence-electron chi connectivity index (χ2n) is 6.40. The Morgan fingerprint density at radius 1 is 1.00 bits per heavy atom. The van der Waals surface area contributed by atoms with Crippen LogP contribution in [-0.4, -0.2) is 44.0 Å². The van der Waals surface area contributed by atoms with Crippen molar-refractivity contribution in [2.24, 2.45) is 0 Å². The fourth-order valence-corrected chi connectivity index (χ4v) is 3.84. The Hall–Kier alpha value is -2.88. The van der Waals surface area contributed by atoms with Gasteiger partial charge in [-0.3, -0.25) is 9.59 Å². The number of carbonyl (C=O) groups is 2. The highest BCUT2D eigenvalue weighted by Gasteiger charge is 2.26. The highest BCUT2D eigenvalue weighted by Crippen LogP contribution is 2.21. The molecule has 0 unspecified atom stereocenters. The quantitative estimate of drug-likeness (QED) is 0.636. The number of benzene rings is 2. The molecule has 0 fully saturated rings. The highest BCUT2D eigenvalue weighted by molar-refractivity contribution is 7.91. The van der Waals surface area contributed by atoms with Crippen molar-refractivity contribution in [2.75, 3.05) is 24.2 Å². The minimum Gasteiger partial charge on any atom is -0.329 e. The summed E-state index contributed by atoms with van der Waals surface area (Å²) in [4.78, 5) is 26.2. The summed E-state index contributed by atoms with van der Waals surface area (Å²) in [6.45, 7) is 2.78. The van der Waals surface area contributed by atoms with Crippen molar-refractivity contribution in [3.63, 3.8) is 0 Å². The van der Waals surface area contributed by atoms with Gasteiger partial charge < -0.3 is 10.2 Å². The van der Waals surface area contributed by atoms with Gasteiger partial charge in [-0.1, -0.05) is 26.0 Å². The number of sulfone groups is 1. The average molecular weight is 442 g/mol. The summed E-state index contributed by atoms with van der Waals surface area (Å²) >= 11 is 0. The summed E-state index contributed by atoms with van der Waals surface area (Å²) in [5.74, 6) is -6.44. The molecule has 0 aliphatic carbocycles. The standard InChI is InChI=1S/C20H21F3N2O4S/c1-3-11-25(12-17(26)24-15-10-9-14(21)18(22)19(15)23)20(27)13-7-5-6-8-16(13)30(28,29)4-2/h5-10H,3-4,11-12H2,1-2H3,(H,24,26). The van der Waals surface area contributed by atoms with Crippen molar-refractivity contribution in [1.82, 2.24) is 4.90 Å². The van der Waals surface area contributed by atoms with E-state index in [1.807, 2.05) is 0 Å². The van der Waals surface area contributed by atoms with Crippen LogP contribution in [0.2, 0.25) is 0 Å². The van der Waals surface area contributed by atoms with Crippen LogP contribution in [0.5, 0.6) is 0 Å². The number of anilines is 1. The van der Waals surface area contributed by atoms with Crippen LogP contribution in [-0.2, 0) is 14.6 Å². The molecule has 2 amide bonds. The SMILES string of the molecule is CCCN(CC(=O)Nc1ccc(F)c(F)c1F)C(=O)c1ccccc1S(=O)(=O)CC. The van der Waals surface area contributed by atoms with Crippen LogP contribution in [0.3, 0.4) is 0 Å². The van der Waals surface area contributed by atoms with Crippen LogP contribution in [0.15, 0.2) is 41.3 Å². The molecular weight excluding hydrogens is 421 g/mol. The van der Waals surface area contributed by atoms with Gasteiger partial charge in [-0.2, -0.15) is 0 Å². The number of nitrogens with zero attached hydrogens (tertiary/aromatic N) is 1. The van der Waals surface area contributed by atoms with Crippen molar-refractivity contribution < 1.29 is 31.2 Å². The average Bonchev–Trinajstić information content (AvgIpc) is 2.73. The third-order valence-corrected chi connectivity index (χ3v) is 6.04. The molecule has 0 aliphatic heterocycles. The fourth-order valence-electron chi connectivity index (χ4n) is 2.75. The molecule has 0 atom stereocenters. The maximum Gasteiger partial charge on any atom is 0.255 e. The van der Waals surface area contributed by atoms with Crippen LogP contribution in [0, 0.1) is 17.5 Å². The monoisotopic (exact) mass is 442 g/mol. The predicted octanol–water partition coefficient (Wildman–Crippen LogP) is 3.39. The molecule has 2 aromatic carbocycles. The molecule has 0 bridgehead atoms. The molecule has 10 heteroatoms. The summed E-state index contributed by atoms with van der Waals surface area (Å²) in [5, 5.41) is 2.10. The van der Waals surface area contributed by atoms with Gasteiger partial charge in [-0.05, 0) is 30.7 Å². The largest absolute Gasteiger partial charge is 0.329 e. The lowest BCUT2D eigenvalue weighted by atomic mass is 10.2. The van der Waals surface area contributed by atoms with E-state index in [9.17, 15) is 31.2 Å². The molecule has 30 heavy (non-hydrogen) atoms. The van der Waals surface area contributed by atoms with Crippen LogP contribution in [0.4, 0.5) is 18.9 Å². The first-order chi connectivity index (χ1) is 14.1. The zero-order chi connectivity index (χ0) is 22.5. The molecule has 0 aromatic heterocycles. The topological polar surface area (TPSA) is 83.6 Å². The number of nitrogens with one attached hydrogen (secondary N) is 1. The van der Waals surface area contributed by atoms with Gasteiger partial charge in [-0.25, -0.2) is 21.6 Å². The summed E-state index contributed by atoms with van der Waals surface area (Å²) in [5.41, 5.74) is -0.656. The number of halogens is 3. The molecule has 0 aliphatic rings. The van der Waals surface area contributed by atoms with Gasteiger partial charge in [0.05, 0.1) is 21.9 Å². The number of rotatable bonds is 8. The van der Waals surface area contributed by atoms with Crippen molar-refractivity contribution in [1.29, 1.82) is 0 Å². The molecule has 0 radical (unpaired) electrons. The normalized spacial score (nSPS) is 11.2. The first kappa shape index (κ1) is 23.4. The Morgan fingerprint density at radius 3 is 2.30 bits per heavy atom. The van der Waals surface area contributed by atoms with Crippen LogP contribution in [0.25, 0.3) is 0 Å². The third-order valence-electron chi connectivity index (χ3n) is 4.26. The van der Waals surface area contributed by atoms with Gasteiger partial charge in [0.2, 0.25) is 5.91 Å². The molecule has 2 rings (SSSR count). The van der Waals surface area contributed by atoms with E-state index >= 15 is 0 Å². The van der Waals surface area contributed by atoms with Crippen molar-refractivity contribution >= 4 is 27.3 Å². The summed E-state index contributed by atoms with van der Waals surface area (Å²) in [6.07, 6.45) is 0.460. The van der Waals surface area contributed by atoms with Crippen molar-refractivity contribution in [3.8, 4) is 0 Å². The number of hydrogen-bond acceptors (Lipinski definition) is 4. The summed E-state index contributed by atoms with van der Waals surface area (Å²) in [6, 6.07) is 7.17. The van der Waals surface area contributed by atoms with Crippen LogP contribution in [0.1, 0.15) is 30.6 Å². The van der Waals surface area contributed by atoms with E-state index in [0.29, 0.717) is 12.5 Å². The Balaban J connectivity index is 2.28. The summed E-state index contributed by atoms with van der Waals surface area (Å²) in [7, 11) is -3.69. The Morgan fingerprint density at radius 2 is 1.67 bits per heavy atom. The number of hydrogen-bond donors (Lipinski definition) is 1. The highest BCUT2D eigenvalue weighted by atomic mass is 32.2. The van der Waals surface area contributed by atoms with Gasteiger partial charge in [0.15, 0.2) is 27.3 Å². The Bertz CT molecular complexity index is 1060. The Kier molecular flexibility index (Phi) is 7.60. The maximum absolute atomic E-state index is 13.8. The fraction of sp³-hybridized carbons (Fsp3) is 0.300.